The van der Waals surface area contributed by atoms with Gasteiger partial charge in [0.05, 0.1) is 24.2 Å². The van der Waals surface area contributed by atoms with Crippen LogP contribution >= 0.6 is 0 Å². The van der Waals surface area contributed by atoms with E-state index in [1.54, 1.807) is 18.2 Å². The Labute approximate surface area is 159 Å². The number of hydrogen-bond acceptors (Lipinski definition) is 4. The van der Waals surface area contributed by atoms with Crippen molar-refractivity contribution in [3.05, 3.63) is 54.1 Å². The first-order valence-corrected chi connectivity index (χ1v) is 10.6. The number of benzene rings is 2. The average molecular weight is 386 g/mol. The Bertz CT molecular complexity index is 959. The van der Waals surface area contributed by atoms with Gasteiger partial charge in [0.2, 0.25) is 15.9 Å². The summed E-state index contributed by atoms with van der Waals surface area (Å²) in [6.07, 6.45) is 1.43. The van der Waals surface area contributed by atoms with Gasteiger partial charge in [-0.1, -0.05) is 30.3 Å². The van der Waals surface area contributed by atoms with Crippen LogP contribution in [-0.2, 0) is 14.8 Å². The molecule has 0 bridgehead atoms. The molecule has 2 atom stereocenters. The first kappa shape index (κ1) is 17.9. The maximum Gasteiger partial charge on any atom is 0.235 e. The summed E-state index contributed by atoms with van der Waals surface area (Å²) in [5, 5.41) is 2.93. The lowest BCUT2D eigenvalue weighted by molar-refractivity contribution is -0.117. The van der Waals surface area contributed by atoms with Crippen LogP contribution in [0.5, 0.6) is 5.75 Å². The Hall–Kier alpha value is -2.54. The van der Waals surface area contributed by atoms with Crippen LogP contribution in [0, 0.1) is 5.92 Å². The Morgan fingerprint density at radius 2 is 1.96 bits per heavy atom. The minimum atomic E-state index is -3.27. The van der Waals surface area contributed by atoms with E-state index in [0.29, 0.717) is 30.1 Å². The smallest absolute Gasteiger partial charge is 0.235 e. The molecule has 2 aromatic carbocycles. The van der Waals surface area contributed by atoms with Gasteiger partial charge < -0.3 is 10.1 Å². The fourth-order valence-electron chi connectivity index (χ4n) is 3.66. The van der Waals surface area contributed by atoms with Crippen molar-refractivity contribution in [3.8, 4) is 5.75 Å². The molecule has 1 heterocycles. The predicted molar refractivity (Wildman–Crippen MR) is 105 cm³/mol. The number of carbonyl (C=O) groups is 1. The molecule has 27 heavy (non-hydrogen) atoms. The number of carbonyl (C=O) groups excluding carboxylic acids is 1. The molecule has 6 nitrogen and oxygen atoms in total. The molecule has 2 aromatic rings. The number of rotatable bonds is 5. The Balaban J connectivity index is 1.53. The van der Waals surface area contributed by atoms with Crippen molar-refractivity contribution < 1.29 is 17.9 Å². The molecule has 4 rings (SSSR count). The molecule has 1 saturated carbocycles. The fraction of sp³-hybridized carbons (Fsp3) is 0.350. The zero-order valence-corrected chi connectivity index (χ0v) is 15.9. The lowest BCUT2D eigenvalue weighted by Gasteiger charge is -2.19. The lowest BCUT2D eigenvalue weighted by atomic mass is 10.1. The third-order valence-electron chi connectivity index (χ3n) is 5.18. The zero-order valence-electron chi connectivity index (χ0n) is 15.1. The molecule has 1 amide bonds. The van der Waals surface area contributed by atoms with Crippen molar-refractivity contribution in [3.63, 3.8) is 0 Å². The molecule has 142 valence electrons. The summed E-state index contributed by atoms with van der Waals surface area (Å²) in [5.74, 6) is 0.765. The second-order valence-corrected chi connectivity index (χ2v) is 8.99. The highest BCUT2D eigenvalue weighted by Gasteiger charge is 2.44. The molecule has 1 saturated heterocycles. The average Bonchev–Trinajstić information content (AvgIpc) is 3.39. The largest absolute Gasteiger partial charge is 0.495 e. The van der Waals surface area contributed by atoms with Gasteiger partial charge in [0.1, 0.15) is 5.75 Å². The van der Waals surface area contributed by atoms with Crippen molar-refractivity contribution in [2.45, 2.75) is 18.8 Å². The summed E-state index contributed by atoms with van der Waals surface area (Å²) in [6.45, 7) is 0.459. The predicted octanol–water partition coefficient (Wildman–Crippen LogP) is 2.98. The van der Waals surface area contributed by atoms with Crippen LogP contribution in [0.2, 0.25) is 0 Å². The Morgan fingerprint density at radius 1 is 1.19 bits per heavy atom. The molecular formula is C20H22N2O4S. The lowest BCUT2D eigenvalue weighted by Crippen LogP contribution is -2.25. The summed E-state index contributed by atoms with van der Waals surface area (Å²) in [6, 6.07) is 15.1. The van der Waals surface area contributed by atoms with Crippen LogP contribution in [-0.4, -0.2) is 33.7 Å². The molecule has 7 heteroatoms. The monoisotopic (exact) mass is 386 g/mol. The second kappa shape index (κ2) is 6.88. The normalized spacial score (nSPS) is 23.1. The SMILES string of the molecule is COc1ccc(N2CCCS2(=O)=O)cc1NC(=O)C1CC1c1ccccc1. The fourth-order valence-corrected chi connectivity index (χ4v) is 5.21. The minimum absolute atomic E-state index is 0.0661. The number of ether oxygens (including phenoxy) is 1. The molecule has 1 aliphatic heterocycles. The van der Waals surface area contributed by atoms with Gasteiger partial charge in [-0.05, 0) is 42.5 Å². The molecule has 1 N–H and O–H groups in total. The van der Waals surface area contributed by atoms with Gasteiger partial charge in [0.15, 0.2) is 0 Å². The minimum Gasteiger partial charge on any atom is -0.495 e. The molecule has 0 radical (unpaired) electrons. The van der Waals surface area contributed by atoms with Crippen LogP contribution in [0.25, 0.3) is 0 Å². The molecule has 0 spiro atoms. The summed E-state index contributed by atoms with van der Waals surface area (Å²) < 4.78 is 31.1. The van der Waals surface area contributed by atoms with Gasteiger partial charge in [-0.3, -0.25) is 9.10 Å². The zero-order chi connectivity index (χ0) is 19.0. The van der Waals surface area contributed by atoms with Crippen LogP contribution in [0.15, 0.2) is 48.5 Å². The van der Waals surface area contributed by atoms with E-state index in [9.17, 15) is 13.2 Å². The van der Waals surface area contributed by atoms with Gasteiger partial charge in [-0.25, -0.2) is 8.42 Å². The highest BCUT2D eigenvalue weighted by molar-refractivity contribution is 7.93. The number of hydrogen-bond donors (Lipinski definition) is 1. The van der Waals surface area contributed by atoms with E-state index in [2.05, 4.69) is 5.32 Å². The van der Waals surface area contributed by atoms with Crippen LogP contribution in [0.4, 0.5) is 11.4 Å². The first-order chi connectivity index (χ1) is 13.0. The maximum absolute atomic E-state index is 12.7. The van der Waals surface area contributed by atoms with Crippen molar-refractivity contribution in [1.29, 1.82) is 0 Å². The van der Waals surface area contributed by atoms with Gasteiger partial charge >= 0.3 is 0 Å². The highest BCUT2D eigenvalue weighted by atomic mass is 32.2. The first-order valence-electron chi connectivity index (χ1n) is 9.04. The van der Waals surface area contributed by atoms with E-state index in [1.165, 1.54) is 17.0 Å². The van der Waals surface area contributed by atoms with E-state index in [4.69, 9.17) is 4.74 Å². The molecule has 0 aromatic heterocycles. The number of amides is 1. The highest BCUT2D eigenvalue weighted by Crippen LogP contribution is 2.48. The third kappa shape index (κ3) is 3.51. The number of nitrogens with one attached hydrogen (secondary N) is 1. The van der Waals surface area contributed by atoms with E-state index in [0.717, 1.165) is 6.42 Å². The van der Waals surface area contributed by atoms with Crippen LogP contribution in [0.3, 0.4) is 0 Å². The second-order valence-electron chi connectivity index (χ2n) is 6.97. The van der Waals surface area contributed by atoms with E-state index in [-0.39, 0.29) is 23.5 Å². The van der Waals surface area contributed by atoms with Crippen molar-refractivity contribution >= 4 is 27.3 Å². The third-order valence-corrected chi connectivity index (χ3v) is 7.05. The number of sulfonamides is 1. The van der Waals surface area contributed by atoms with Gasteiger partial charge in [0, 0.05) is 12.5 Å². The molecule has 2 fully saturated rings. The quantitative estimate of drug-likeness (QED) is 0.857. The molecular weight excluding hydrogens is 364 g/mol. The maximum atomic E-state index is 12.7. The van der Waals surface area contributed by atoms with Gasteiger partial charge in [0.25, 0.3) is 0 Å². The van der Waals surface area contributed by atoms with Crippen molar-refractivity contribution in [1.82, 2.24) is 0 Å². The molecule has 2 unspecified atom stereocenters. The standard InChI is InChI=1S/C20H22N2O4S/c1-26-19-9-8-15(22-10-5-11-27(22,24)25)12-18(19)21-20(23)17-13-16(17)14-6-3-2-4-7-14/h2-4,6-9,12,16-17H,5,10-11,13H2,1H3,(H,21,23). The van der Waals surface area contributed by atoms with Crippen LogP contribution in [0.1, 0.15) is 24.3 Å². The molecule has 1 aliphatic carbocycles. The van der Waals surface area contributed by atoms with Gasteiger partial charge in [-0.15, -0.1) is 0 Å². The summed E-state index contributed by atoms with van der Waals surface area (Å²) >= 11 is 0. The number of nitrogens with zero attached hydrogens (tertiary/aromatic N) is 1. The number of anilines is 2. The Morgan fingerprint density at radius 3 is 2.63 bits per heavy atom. The Kier molecular flexibility index (Phi) is 4.55. The van der Waals surface area contributed by atoms with Crippen LogP contribution < -0.4 is 14.4 Å². The van der Waals surface area contributed by atoms with E-state index >= 15 is 0 Å². The number of methoxy groups -OCH3 is 1. The van der Waals surface area contributed by atoms with E-state index < -0.39 is 10.0 Å². The van der Waals surface area contributed by atoms with Gasteiger partial charge in [-0.2, -0.15) is 0 Å². The summed E-state index contributed by atoms with van der Waals surface area (Å²) in [5.41, 5.74) is 2.22. The summed E-state index contributed by atoms with van der Waals surface area (Å²) in [7, 11) is -1.74. The summed E-state index contributed by atoms with van der Waals surface area (Å²) in [4.78, 5) is 12.7. The van der Waals surface area contributed by atoms with E-state index in [1.807, 2.05) is 30.3 Å². The van der Waals surface area contributed by atoms with Crippen molar-refractivity contribution in [2.75, 3.05) is 29.0 Å². The topological polar surface area (TPSA) is 75.7 Å². The van der Waals surface area contributed by atoms with Crippen molar-refractivity contribution in [2.24, 2.45) is 5.92 Å². The molecule has 2 aliphatic rings.